The first-order valence-corrected chi connectivity index (χ1v) is 8.34. The predicted molar refractivity (Wildman–Crippen MR) is 81.9 cm³/mol. The fourth-order valence-electron chi connectivity index (χ4n) is 3.47. The minimum atomic E-state index is 0.740. The summed E-state index contributed by atoms with van der Waals surface area (Å²) in [5.41, 5.74) is 0. The van der Waals surface area contributed by atoms with Gasteiger partial charge in [0.15, 0.2) is 0 Å². The van der Waals surface area contributed by atoms with E-state index in [1.54, 1.807) is 0 Å². The lowest BCUT2D eigenvalue weighted by Crippen LogP contribution is -2.46. The molecule has 1 nitrogen and oxygen atoms in total. The molecule has 0 radical (unpaired) electrons. The summed E-state index contributed by atoms with van der Waals surface area (Å²) < 4.78 is 0. The minimum Gasteiger partial charge on any atom is -0.311 e. The Morgan fingerprint density at radius 2 is 1.67 bits per heavy atom. The second kappa shape index (κ2) is 8.19. The molecule has 18 heavy (non-hydrogen) atoms. The van der Waals surface area contributed by atoms with E-state index in [4.69, 9.17) is 0 Å². The van der Waals surface area contributed by atoms with Crippen molar-refractivity contribution >= 4 is 0 Å². The Morgan fingerprint density at radius 1 is 1.00 bits per heavy atom. The van der Waals surface area contributed by atoms with Crippen LogP contribution in [-0.4, -0.2) is 12.1 Å². The highest BCUT2D eigenvalue weighted by atomic mass is 15.0. The van der Waals surface area contributed by atoms with Crippen molar-refractivity contribution in [1.82, 2.24) is 5.32 Å². The maximum Gasteiger partial charge on any atom is 0.0100 e. The van der Waals surface area contributed by atoms with E-state index in [2.05, 4.69) is 39.9 Å². The van der Waals surface area contributed by atoms with Crippen LogP contribution < -0.4 is 5.32 Å². The van der Waals surface area contributed by atoms with Gasteiger partial charge in [-0.25, -0.2) is 0 Å². The molecule has 1 fully saturated rings. The van der Waals surface area contributed by atoms with Crippen LogP contribution in [0.2, 0.25) is 0 Å². The molecule has 0 heterocycles. The lowest BCUT2D eigenvalue weighted by Gasteiger charge is -2.38. The Kier molecular flexibility index (Phi) is 7.29. The van der Waals surface area contributed by atoms with Gasteiger partial charge in [-0.15, -0.1) is 0 Å². The Labute approximate surface area is 115 Å². The fraction of sp³-hybridized carbons (Fsp3) is 1.00. The highest BCUT2D eigenvalue weighted by Gasteiger charge is 2.28. The van der Waals surface area contributed by atoms with Crippen LogP contribution in [0.15, 0.2) is 0 Å². The third-order valence-electron chi connectivity index (χ3n) is 5.00. The molecular formula is C17H35N. The molecule has 0 bridgehead atoms. The van der Waals surface area contributed by atoms with Crippen molar-refractivity contribution in [2.24, 2.45) is 17.8 Å². The normalized spacial score (nSPS) is 28.3. The number of hydrogen-bond donors (Lipinski definition) is 1. The van der Waals surface area contributed by atoms with Crippen LogP contribution in [0.3, 0.4) is 0 Å². The fourth-order valence-corrected chi connectivity index (χ4v) is 3.47. The Bertz CT molecular complexity index is 212. The molecule has 0 spiro atoms. The lowest BCUT2D eigenvalue weighted by atomic mass is 9.77. The van der Waals surface area contributed by atoms with E-state index < -0.39 is 0 Å². The van der Waals surface area contributed by atoms with Gasteiger partial charge in [0.1, 0.15) is 0 Å². The van der Waals surface area contributed by atoms with Gasteiger partial charge in [0.2, 0.25) is 0 Å². The Hall–Kier alpha value is -0.0400. The quantitative estimate of drug-likeness (QED) is 0.673. The van der Waals surface area contributed by atoms with Gasteiger partial charge in [-0.3, -0.25) is 0 Å². The highest BCUT2D eigenvalue weighted by Crippen LogP contribution is 2.31. The molecule has 1 N–H and O–H groups in total. The summed E-state index contributed by atoms with van der Waals surface area (Å²) in [6, 6.07) is 1.53. The Balaban J connectivity index is 2.50. The summed E-state index contributed by atoms with van der Waals surface area (Å²) >= 11 is 0. The summed E-state index contributed by atoms with van der Waals surface area (Å²) in [7, 11) is 0. The average molecular weight is 253 g/mol. The van der Waals surface area contributed by atoms with E-state index in [0.717, 1.165) is 29.8 Å². The van der Waals surface area contributed by atoms with E-state index in [1.165, 1.54) is 44.9 Å². The van der Waals surface area contributed by atoms with Crippen molar-refractivity contribution in [2.75, 3.05) is 0 Å². The third-order valence-corrected chi connectivity index (χ3v) is 5.00. The van der Waals surface area contributed by atoms with Crippen LogP contribution in [0.5, 0.6) is 0 Å². The van der Waals surface area contributed by atoms with Gasteiger partial charge in [-0.1, -0.05) is 53.9 Å². The lowest BCUT2D eigenvalue weighted by molar-refractivity contribution is 0.183. The van der Waals surface area contributed by atoms with Crippen molar-refractivity contribution in [3.63, 3.8) is 0 Å². The van der Waals surface area contributed by atoms with Crippen molar-refractivity contribution in [3.05, 3.63) is 0 Å². The molecule has 1 aliphatic rings. The third kappa shape index (κ3) is 4.91. The molecule has 1 aliphatic carbocycles. The number of rotatable bonds is 7. The van der Waals surface area contributed by atoms with Gasteiger partial charge in [0.05, 0.1) is 0 Å². The van der Waals surface area contributed by atoms with Crippen LogP contribution in [0.1, 0.15) is 79.6 Å². The molecule has 4 unspecified atom stereocenters. The van der Waals surface area contributed by atoms with E-state index in [-0.39, 0.29) is 0 Å². The first-order valence-electron chi connectivity index (χ1n) is 8.34. The molecule has 1 heteroatoms. The SMILES string of the molecule is CCC(C)CC(CC)NC1CCCCC1C(C)C. The summed E-state index contributed by atoms with van der Waals surface area (Å²) in [5.74, 6) is 2.61. The average Bonchev–Trinajstić information content (AvgIpc) is 2.38. The monoisotopic (exact) mass is 253 g/mol. The molecule has 0 aromatic carbocycles. The standard InChI is InChI=1S/C17H35N/c1-6-14(5)12-15(7-2)18-17-11-9-8-10-16(17)13(3)4/h13-18H,6-12H2,1-5H3. The van der Waals surface area contributed by atoms with Crippen molar-refractivity contribution in [3.8, 4) is 0 Å². The first-order chi connectivity index (χ1) is 8.58. The smallest absolute Gasteiger partial charge is 0.0100 e. The topological polar surface area (TPSA) is 12.0 Å². The molecule has 108 valence electrons. The van der Waals surface area contributed by atoms with Gasteiger partial charge >= 0.3 is 0 Å². The molecule has 0 amide bonds. The van der Waals surface area contributed by atoms with Crippen LogP contribution in [0, 0.1) is 17.8 Å². The first kappa shape index (κ1) is 16.0. The Morgan fingerprint density at radius 3 is 2.22 bits per heavy atom. The summed E-state index contributed by atoms with van der Waals surface area (Å²) in [6.07, 6.45) is 9.68. The zero-order valence-corrected chi connectivity index (χ0v) is 13.3. The second-order valence-corrected chi connectivity index (χ2v) is 6.82. The molecule has 0 aromatic heterocycles. The van der Waals surface area contributed by atoms with Gasteiger partial charge < -0.3 is 5.32 Å². The second-order valence-electron chi connectivity index (χ2n) is 6.82. The largest absolute Gasteiger partial charge is 0.311 e. The zero-order chi connectivity index (χ0) is 13.5. The van der Waals surface area contributed by atoms with Crippen molar-refractivity contribution < 1.29 is 0 Å². The van der Waals surface area contributed by atoms with Crippen LogP contribution in [-0.2, 0) is 0 Å². The molecule has 0 aliphatic heterocycles. The predicted octanol–water partition coefficient (Wildman–Crippen LogP) is 5.01. The van der Waals surface area contributed by atoms with Gasteiger partial charge in [0, 0.05) is 12.1 Å². The number of nitrogens with one attached hydrogen (secondary N) is 1. The molecule has 1 saturated carbocycles. The molecule has 1 rings (SSSR count). The summed E-state index contributed by atoms with van der Waals surface area (Å²) in [5, 5.41) is 4.00. The van der Waals surface area contributed by atoms with Gasteiger partial charge in [-0.05, 0) is 43.4 Å². The molecule has 0 saturated heterocycles. The van der Waals surface area contributed by atoms with E-state index in [0.29, 0.717) is 0 Å². The summed E-state index contributed by atoms with van der Waals surface area (Å²) in [4.78, 5) is 0. The maximum absolute atomic E-state index is 4.00. The van der Waals surface area contributed by atoms with E-state index >= 15 is 0 Å². The minimum absolute atomic E-state index is 0.740. The van der Waals surface area contributed by atoms with Crippen molar-refractivity contribution in [1.29, 1.82) is 0 Å². The number of hydrogen-bond acceptors (Lipinski definition) is 1. The highest BCUT2D eigenvalue weighted by molar-refractivity contribution is 4.85. The maximum atomic E-state index is 4.00. The molecular weight excluding hydrogens is 218 g/mol. The molecule has 4 atom stereocenters. The van der Waals surface area contributed by atoms with Crippen LogP contribution in [0.25, 0.3) is 0 Å². The van der Waals surface area contributed by atoms with E-state index in [1.807, 2.05) is 0 Å². The van der Waals surface area contributed by atoms with Crippen molar-refractivity contribution in [2.45, 2.75) is 91.6 Å². The summed E-state index contributed by atoms with van der Waals surface area (Å²) in [6.45, 7) is 11.9. The van der Waals surface area contributed by atoms with Crippen LogP contribution >= 0.6 is 0 Å². The van der Waals surface area contributed by atoms with Crippen LogP contribution in [0.4, 0.5) is 0 Å². The van der Waals surface area contributed by atoms with Gasteiger partial charge in [0.25, 0.3) is 0 Å². The molecule has 0 aromatic rings. The van der Waals surface area contributed by atoms with E-state index in [9.17, 15) is 0 Å². The van der Waals surface area contributed by atoms with Gasteiger partial charge in [-0.2, -0.15) is 0 Å². The zero-order valence-electron chi connectivity index (χ0n) is 13.3.